The minimum Gasteiger partial charge on any atom is -0.380 e. The van der Waals surface area contributed by atoms with Crippen molar-refractivity contribution in [3.63, 3.8) is 0 Å². The first-order valence-corrected chi connectivity index (χ1v) is 6.26. The minimum atomic E-state index is 0.293. The monoisotopic (exact) mass is 205 g/mol. The molecule has 0 saturated carbocycles. The van der Waals surface area contributed by atoms with E-state index < -0.39 is 0 Å². The van der Waals surface area contributed by atoms with Crippen LogP contribution in [0.2, 0.25) is 0 Å². The van der Waals surface area contributed by atoms with Gasteiger partial charge in [-0.3, -0.25) is 0 Å². The molecule has 0 radical (unpaired) electrons. The number of rotatable bonds is 7. The molecule has 0 aromatic rings. The van der Waals surface area contributed by atoms with Crippen LogP contribution in [0.25, 0.3) is 0 Å². The largest absolute Gasteiger partial charge is 0.380 e. The van der Waals surface area contributed by atoms with Crippen molar-refractivity contribution >= 4 is 11.8 Å². The van der Waals surface area contributed by atoms with Crippen molar-refractivity contribution in [1.29, 1.82) is 0 Å². The summed E-state index contributed by atoms with van der Waals surface area (Å²) in [6.07, 6.45) is 2.44. The fourth-order valence-electron chi connectivity index (χ4n) is 1.10. The van der Waals surface area contributed by atoms with Crippen LogP contribution in [-0.4, -0.2) is 37.8 Å². The Bertz CT molecular complexity index is 121. The third kappa shape index (κ3) is 6.36. The molecular formula is C10H23NOS. The molecule has 0 fully saturated rings. The van der Waals surface area contributed by atoms with E-state index in [0.717, 1.165) is 12.5 Å². The maximum Gasteiger partial charge on any atom is 0.0693 e. The molecule has 0 aliphatic heterocycles. The van der Waals surface area contributed by atoms with E-state index in [2.05, 4.69) is 32.3 Å². The second-order valence-corrected chi connectivity index (χ2v) is 4.61. The van der Waals surface area contributed by atoms with E-state index >= 15 is 0 Å². The van der Waals surface area contributed by atoms with Crippen LogP contribution < -0.4 is 5.32 Å². The summed E-state index contributed by atoms with van der Waals surface area (Å²) >= 11 is 1.90. The Hall–Kier alpha value is 0.270. The van der Waals surface area contributed by atoms with Crippen LogP contribution in [0, 0.1) is 5.92 Å². The van der Waals surface area contributed by atoms with E-state index in [1.54, 1.807) is 7.11 Å². The predicted molar refractivity (Wildman–Crippen MR) is 61.5 cm³/mol. The summed E-state index contributed by atoms with van der Waals surface area (Å²) in [5.74, 6) is 1.96. The SMILES string of the molecule is COC(C)C(C)NCC(C)CSC. The van der Waals surface area contributed by atoms with Crippen LogP contribution in [0.4, 0.5) is 0 Å². The fourth-order valence-corrected chi connectivity index (χ4v) is 1.79. The van der Waals surface area contributed by atoms with Crippen LogP contribution >= 0.6 is 11.8 Å². The Morgan fingerprint density at radius 3 is 2.38 bits per heavy atom. The van der Waals surface area contributed by atoms with E-state index in [4.69, 9.17) is 4.74 Å². The highest BCUT2D eigenvalue weighted by Gasteiger charge is 2.11. The van der Waals surface area contributed by atoms with E-state index in [1.807, 2.05) is 11.8 Å². The first-order chi connectivity index (χ1) is 6.11. The number of hydrogen-bond donors (Lipinski definition) is 1. The lowest BCUT2D eigenvalue weighted by atomic mass is 10.1. The van der Waals surface area contributed by atoms with Crippen molar-refractivity contribution in [2.45, 2.75) is 32.9 Å². The third-order valence-corrected chi connectivity index (χ3v) is 3.22. The first kappa shape index (κ1) is 13.3. The van der Waals surface area contributed by atoms with Crippen molar-refractivity contribution in [2.24, 2.45) is 5.92 Å². The standard InChI is InChI=1S/C10H23NOS/c1-8(7-13-5)6-11-9(2)10(3)12-4/h8-11H,6-7H2,1-5H3. The highest BCUT2D eigenvalue weighted by molar-refractivity contribution is 7.98. The summed E-state index contributed by atoms with van der Waals surface area (Å²) in [6, 6.07) is 0.439. The Kier molecular flexibility index (Phi) is 7.81. The van der Waals surface area contributed by atoms with Crippen molar-refractivity contribution in [3.05, 3.63) is 0 Å². The zero-order chi connectivity index (χ0) is 10.3. The van der Waals surface area contributed by atoms with E-state index in [9.17, 15) is 0 Å². The molecule has 13 heavy (non-hydrogen) atoms. The second kappa shape index (κ2) is 7.65. The molecule has 3 unspecified atom stereocenters. The van der Waals surface area contributed by atoms with Gasteiger partial charge in [-0.1, -0.05) is 6.92 Å². The number of ether oxygens (including phenoxy) is 1. The summed E-state index contributed by atoms with van der Waals surface area (Å²) in [7, 11) is 1.76. The molecule has 1 N–H and O–H groups in total. The fraction of sp³-hybridized carbons (Fsp3) is 1.00. The lowest BCUT2D eigenvalue weighted by Crippen LogP contribution is -2.39. The summed E-state index contributed by atoms with van der Waals surface area (Å²) in [5, 5.41) is 3.48. The molecule has 0 aromatic carbocycles. The van der Waals surface area contributed by atoms with E-state index in [1.165, 1.54) is 5.75 Å². The number of hydrogen-bond acceptors (Lipinski definition) is 3. The molecule has 3 heteroatoms. The van der Waals surface area contributed by atoms with Gasteiger partial charge in [0.15, 0.2) is 0 Å². The molecule has 0 rings (SSSR count). The quantitative estimate of drug-likeness (QED) is 0.687. The maximum atomic E-state index is 5.24. The first-order valence-electron chi connectivity index (χ1n) is 4.86. The molecule has 80 valence electrons. The van der Waals surface area contributed by atoms with Crippen molar-refractivity contribution in [2.75, 3.05) is 25.7 Å². The third-order valence-electron chi connectivity index (χ3n) is 2.32. The zero-order valence-electron chi connectivity index (χ0n) is 9.46. The predicted octanol–water partition coefficient (Wildman–Crippen LogP) is 2.00. The summed E-state index contributed by atoms with van der Waals surface area (Å²) in [5.41, 5.74) is 0. The molecule has 0 aliphatic carbocycles. The van der Waals surface area contributed by atoms with Gasteiger partial charge in [-0.2, -0.15) is 11.8 Å². The van der Waals surface area contributed by atoms with Crippen LogP contribution in [0.3, 0.4) is 0 Å². The number of nitrogens with one attached hydrogen (secondary N) is 1. The van der Waals surface area contributed by atoms with Gasteiger partial charge in [0, 0.05) is 13.2 Å². The Balaban J connectivity index is 3.50. The molecular weight excluding hydrogens is 182 g/mol. The number of thioether (sulfide) groups is 1. The molecule has 3 atom stereocenters. The smallest absolute Gasteiger partial charge is 0.0693 e. The topological polar surface area (TPSA) is 21.3 Å². The summed E-state index contributed by atoms with van der Waals surface area (Å²) < 4.78 is 5.24. The average molecular weight is 205 g/mol. The van der Waals surface area contributed by atoms with Gasteiger partial charge in [-0.05, 0) is 38.3 Å². The van der Waals surface area contributed by atoms with Crippen LogP contribution in [0.5, 0.6) is 0 Å². The van der Waals surface area contributed by atoms with Gasteiger partial charge in [-0.15, -0.1) is 0 Å². The van der Waals surface area contributed by atoms with Gasteiger partial charge in [0.1, 0.15) is 0 Å². The van der Waals surface area contributed by atoms with Gasteiger partial charge in [0.05, 0.1) is 6.10 Å². The molecule has 0 aromatic heterocycles. The lowest BCUT2D eigenvalue weighted by Gasteiger charge is -2.21. The molecule has 0 spiro atoms. The van der Waals surface area contributed by atoms with Gasteiger partial charge in [-0.25, -0.2) is 0 Å². The highest BCUT2D eigenvalue weighted by atomic mass is 32.2. The zero-order valence-corrected chi connectivity index (χ0v) is 10.3. The second-order valence-electron chi connectivity index (χ2n) is 3.70. The van der Waals surface area contributed by atoms with Gasteiger partial charge >= 0.3 is 0 Å². The Morgan fingerprint density at radius 1 is 1.31 bits per heavy atom. The van der Waals surface area contributed by atoms with Crippen LogP contribution in [0.15, 0.2) is 0 Å². The minimum absolute atomic E-state index is 0.293. The average Bonchev–Trinajstić information content (AvgIpc) is 2.13. The van der Waals surface area contributed by atoms with Gasteiger partial charge in [0.25, 0.3) is 0 Å². The van der Waals surface area contributed by atoms with Crippen molar-refractivity contribution in [1.82, 2.24) is 5.32 Å². The van der Waals surface area contributed by atoms with Gasteiger partial charge in [0.2, 0.25) is 0 Å². The Morgan fingerprint density at radius 2 is 1.92 bits per heavy atom. The van der Waals surface area contributed by atoms with Crippen molar-refractivity contribution in [3.8, 4) is 0 Å². The molecule has 2 nitrogen and oxygen atoms in total. The molecule has 0 bridgehead atoms. The Labute approximate surface area is 86.8 Å². The lowest BCUT2D eigenvalue weighted by molar-refractivity contribution is 0.0878. The van der Waals surface area contributed by atoms with E-state index in [0.29, 0.717) is 12.1 Å². The highest BCUT2D eigenvalue weighted by Crippen LogP contribution is 2.04. The van der Waals surface area contributed by atoms with Gasteiger partial charge < -0.3 is 10.1 Å². The molecule has 0 heterocycles. The molecule has 0 aliphatic rings. The number of methoxy groups -OCH3 is 1. The van der Waals surface area contributed by atoms with Crippen LogP contribution in [0.1, 0.15) is 20.8 Å². The summed E-state index contributed by atoms with van der Waals surface area (Å²) in [6.45, 7) is 7.61. The molecule has 0 amide bonds. The van der Waals surface area contributed by atoms with E-state index in [-0.39, 0.29) is 0 Å². The normalized spacial score (nSPS) is 18.2. The molecule has 0 saturated heterocycles. The summed E-state index contributed by atoms with van der Waals surface area (Å²) in [4.78, 5) is 0. The maximum absolute atomic E-state index is 5.24. The van der Waals surface area contributed by atoms with Crippen molar-refractivity contribution < 1.29 is 4.74 Å². The van der Waals surface area contributed by atoms with Crippen LogP contribution in [-0.2, 0) is 4.74 Å².